The molecule has 15 nitrogen and oxygen atoms in total. The molecule has 8 N–H and O–H groups in total. The lowest BCUT2D eigenvalue weighted by Crippen LogP contribution is -2.78. The minimum atomic E-state index is -3.85. The van der Waals surface area contributed by atoms with Crippen molar-refractivity contribution in [3.8, 4) is 0 Å². The fourth-order valence-electron chi connectivity index (χ4n) is 5.78. The monoisotopic (exact) mass is 678 g/mol. The first kappa shape index (κ1) is 41.4. The van der Waals surface area contributed by atoms with Crippen LogP contribution >= 0.6 is 0 Å². The van der Waals surface area contributed by atoms with Gasteiger partial charge in [0.15, 0.2) is 35.3 Å². The molecule has 0 bridgehead atoms. The summed E-state index contributed by atoms with van der Waals surface area (Å²) in [5.41, 5.74) is -13.8. The maximum absolute atomic E-state index is 14.6. The third kappa shape index (κ3) is 6.74. The Morgan fingerprint density at radius 2 is 1.19 bits per heavy atom. The molecule has 2 aliphatic heterocycles. The van der Waals surface area contributed by atoms with Crippen LogP contribution in [0.15, 0.2) is 0 Å². The van der Waals surface area contributed by atoms with Crippen molar-refractivity contribution in [2.75, 3.05) is 6.61 Å². The molecule has 47 heavy (non-hydrogen) atoms. The molecule has 0 spiro atoms. The average molecular weight is 679 g/mol. The lowest BCUT2D eigenvalue weighted by molar-refractivity contribution is -0.333. The van der Waals surface area contributed by atoms with Crippen LogP contribution in [0.4, 0.5) is 0 Å². The lowest BCUT2D eigenvalue weighted by Gasteiger charge is -2.48. The molecule has 2 fully saturated rings. The zero-order valence-corrected chi connectivity index (χ0v) is 29.3. The van der Waals surface area contributed by atoms with Gasteiger partial charge in [-0.1, -0.05) is 83.1 Å². The van der Waals surface area contributed by atoms with Gasteiger partial charge in [0.05, 0.1) is 12.7 Å². The highest BCUT2D eigenvalue weighted by molar-refractivity contribution is 6.13. The van der Waals surface area contributed by atoms with Gasteiger partial charge in [-0.2, -0.15) is 0 Å². The molecule has 0 aromatic carbocycles. The molecule has 0 aliphatic carbocycles. The first-order chi connectivity index (χ1) is 20.8. The van der Waals surface area contributed by atoms with E-state index in [1.165, 1.54) is 83.1 Å². The molecule has 0 aromatic heterocycles. The fourth-order valence-corrected chi connectivity index (χ4v) is 5.78. The molecule has 11 atom stereocenters. The standard InChI is InChI=1S/C32H54O15/c1-26(2,3)20(39)16(36)17(37)21-30(43,23(40)27(4,5)6)31(44,24(41)28(7,8)9)32(46-21,25(42)29(10,11)12)47-22-18(38)15(35)19(45-22)14(34)13-33/h14-16,18-22,33-36,38-39,43-44H,13H2,1-12H3/t14-,15+,16?,18+,19-,20?,21+,22?,30-,31-,32+/m1/s1. The zero-order chi connectivity index (χ0) is 37.3. The van der Waals surface area contributed by atoms with Crippen molar-refractivity contribution in [2.24, 2.45) is 21.7 Å². The predicted molar refractivity (Wildman–Crippen MR) is 162 cm³/mol. The van der Waals surface area contributed by atoms with Gasteiger partial charge in [0.1, 0.15) is 30.5 Å². The molecule has 2 aliphatic rings. The summed E-state index contributed by atoms with van der Waals surface area (Å²) in [6.45, 7) is 15.0. The summed E-state index contributed by atoms with van der Waals surface area (Å²) in [4.78, 5) is 57.6. The number of ketones is 4. The van der Waals surface area contributed by atoms with E-state index in [1.807, 2.05) is 0 Å². The summed E-state index contributed by atoms with van der Waals surface area (Å²) < 4.78 is 17.2. The highest BCUT2D eigenvalue weighted by atomic mass is 16.8. The smallest absolute Gasteiger partial charge is 0.273 e. The van der Waals surface area contributed by atoms with Crippen molar-refractivity contribution >= 4 is 23.1 Å². The number of carbonyl (C=O) groups is 4. The highest BCUT2D eigenvalue weighted by Crippen LogP contribution is 2.56. The topological polar surface area (TPSA) is 258 Å². The Bertz CT molecular complexity index is 1220. The van der Waals surface area contributed by atoms with Crippen molar-refractivity contribution in [2.45, 2.75) is 149 Å². The Morgan fingerprint density at radius 3 is 1.57 bits per heavy atom. The van der Waals surface area contributed by atoms with Crippen LogP contribution < -0.4 is 0 Å². The Labute approximate surface area is 274 Å². The minimum Gasteiger partial charge on any atom is -0.394 e. The van der Waals surface area contributed by atoms with Crippen LogP contribution in [0.1, 0.15) is 83.1 Å². The van der Waals surface area contributed by atoms with Crippen LogP contribution in [-0.4, -0.2) is 137 Å². The molecule has 2 rings (SSSR count). The number of hydrogen-bond acceptors (Lipinski definition) is 15. The van der Waals surface area contributed by atoms with Gasteiger partial charge < -0.3 is 55.1 Å². The second-order valence-electron chi connectivity index (χ2n) is 16.8. The van der Waals surface area contributed by atoms with Crippen LogP contribution in [-0.2, 0) is 33.4 Å². The third-order valence-electron chi connectivity index (χ3n) is 8.55. The van der Waals surface area contributed by atoms with E-state index in [9.17, 15) is 60.0 Å². The van der Waals surface area contributed by atoms with Crippen molar-refractivity contribution in [3.05, 3.63) is 0 Å². The van der Waals surface area contributed by atoms with Crippen LogP contribution in [0.5, 0.6) is 0 Å². The third-order valence-corrected chi connectivity index (χ3v) is 8.55. The molecule has 0 radical (unpaired) electrons. The van der Waals surface area contributed by atoms with Crippen LogP contribution in [0.25, 0.3) is 0 Å². The summed E-state index contributed by atoms with van der Waals surface area (Å²) in [6.07, 6.45) is -17.0. The predicted octanol–water partition coefficient (Wildman–Crippen LogP) is -1.46. The Balaban J connectivity index is 3.14. The number of ether oxygens (including phenoxy) is 3. The first-order valence-corrected chi connectivity index (χ1v) is 15.5. The molecule has 2 heterocycles. The first-order valence-electron chi connectivity index (χ1n) is 15.5. The SMILES string of the molecule is CC(C)(C)C(=O)[C@@]1(OC2O[C@H]([C@H](O)CO)[C@@H](O)[C@@H]2O)O[C@@H](C(=O)C(O)C(O)C(C)(C)C)[C@@](O)(C(=O)C(C)(C)C)[C@]1(O)C(=O)C(C)(C)C. The van der Waals surface area contributed by atoms with E-state index in [4.69, 9.17) is 14.2 Å². The largest absolute Gasteiger partial charge is 0.394 e. The Kier molecular flexibility index (Phi) is 11.3. The van der Waals surface area contributed by atoms with E-state index in [2.05, 4.69) is 0 Å². The summed E-state index contributed by atoms with van der Waals surface area (Å²) >= 11 is 0. The molecular weight excluding hydrogens is 624 g/mol. The molecule has 2 saturated heterocycles. The second-order valence-corrected chi connectivity index (χ2v) is 16.8. The molecule has 272 valence electrons. The van der Waals surface area contributed by atoms with E-state index >= 15 is 0 Å². The van der Waals surface area contributed by atoms with Gasteiger partial charge in [-0.05, 0) is 5.41 Å². The van der Waals surface area contributed by atoms with Crippen molar-refractivity contribution < 1.29 is 74.2 Å². The van der Waals surface area contributed by atoms with E-state index < -0.39 is 117 Å². The Morgan fingerprint density at radius 1 is 0.745 bits per heavy atom. The normalized spacial score (nSPS) is 35.8. The maximum atomic E-state index is 14.6. The van der Waals surface area contributed by atoms with E-state index in [0.717, 1.165) is 0 Å². The minimum absolute atomic E-state index is 0.958. The molecule has 0 saturated carbocycles. The van der Waals surface area contributed by atoms with Gasteiger partial charge in [-0.3, -0.25) is 19.2 Å². The van der Waals surface area contributed by atoms with E-state index in [1.54, 1.807) is 0 Å². The molecule has 0 aromatic rings. The number of Topliss-reactive ketones (excluding diaryl/α,β-unsaturated/α-hetero) is 4. The quantitative estimate of drug-likeness (QED) is 0.131. The Hall–Kier alpha value is -1.76. The highest BCUT2D eigenvalue weighted by Gasteiger charge is 2.86. The van der Waals surface area contributed by atoms with Crippen molar-refractivity contribution in [3.63, 3.8) is 0 Å². The van der Waals surface area contributed by atoms with Gasteiger partial charge in [-0.25, -0.2) is 0 Å². The maximum Gasteiger partial charge on any atom is 0.273 e. The van der Waals surface area contributed by atoms with E-state index in [-0.39, 0.29) is 0 Å². The second kappa shape index (κ2) is 12.8. The van der Waals surface area contributed by atoms with Crippen LogP contribution in [0.3, 0.4) is 0 Å². The number of aliphatic hydroxyl groups excluding tert-OH is 6. The molecule has 3 unspecified atom stereocenters. The lowest BCUT2D eigenvalue weighted by atomic mass is 9.59. The van der Waals surface area contributed by atoms with Crippen molar-refractivity contribution in [1.29, 1.82) is 0 Å². The van der Waals surface area contributed by atoms with Gasteiger partial charge in [-0.15, -0.1) is 0 Å². The van der Waals surface area contributed by atoms with Crippen LogP contribution in [0, 0.1) is 21.7 Å². The van der Waals surface area contributed by atoms with Gasteiger partial charge in [0, 0.05) is 16.2 Å². The van der Waals surface area contributed by atoms with Gasteiger partial charge in [0.25, 0.3) is 5.79 Å². The molecule has 0 amide bonds. The van der Waals surface area contributed by atoms with Crippen molar-refractivity contribution in [1.82, 2.24) is 0 Å². The summed E-state index contributed by atoms with van der Waals surface area (Å²) in [5.74, 6) is -9.37. The number of hydrogen-bond donors (Lipinski definition) is 8. The molecular formula is C32H54O15. The van der Waals surface area contributed by atoms with Gasteiger partial charge >= 0.3 is 0 Å². The summed E-state index contributed by atoms with van der Waals surface area (Å²) in [7, 11) is 0. The number of carbonyl (C=O) groups excluding carboxylic acids is 4. The average Bonchev–Trinajstić information content (AvgIpc) is 3.32. The summed E-state index contributed by atoms with van der Waals surface area (Å²) in [5, 5.41) is 88.5. The number of aliphatic hydroxyl groups is 8. The number of rotatable bonds is 10. The fraction of sp³-hybridized carbons (Fsp3) is 0.875. The summed E-state index contributed by atoms with van der Waals surface area (Å²) in [6, 6.07) is 0. The van der Waals surface area contributed by atoms with Crippen LogP contribution in [0.2, 0.25) is 0 Å². The molecule has 15 heteroatoms. The van der Waals surface area contributed by atoms with E-state index in [0.29, 0.717) is 0 Å². The van der Waals surface area contributed by atoms with Gasteiger partial charge in [0.2, 0.25) is 11.4 Å². The zero-order valence-electron chi connectivity index (χ0n) is 29.3.